The molecule has 2 heterocycles. The van der Waals surface area contributed by atoms with Gasteiger partial charge in [0, 0.05) is 31.1 Å². The number of sulfonamides is 1. The Labute approximate surface area is 188 Å². The number of aryl methyl sites for hydroxylation is 1. The molecule has 1 aromatic heterocycles. The van der Waals surface area contributed by atoms with Gasteiger partial charge in [-0.1, -0.05) is 49.1 Å². The second-order valence-electron chi connectivity index (χ2n) is 8.30. The van der Waals surface area contributed by atoms with E-state index >= 15 is 0 Å². The fourth-order valence-corrected chi connectivity index (χ4v) is 5.87. The van der Waals surface area contributed by atoms with Crippen molar-refractivity contribution in [2.24, 2.45) is 11.8 Å². The zero-order valence-corrected chi connectivity index (χ0v) is 19.0. The fraction of sp³-hybridized carbons (Fsp3) is 0.500. The Morgan fingerprint density at radius 3 is 2.77 bits per heavy atom. The second kappa shape index (κ2) is 9.32. The zero-order chi connectivity index (χ0) is 22.0. The number of hydrogen-bond donors (Lipinski definition) is 3. The van der Waals surface area contributed by atoms with Gasteiger partial charge in [-0.15, -0.1) is 0 Å². The SMILES string of the molecule is Cc1cccc2c1OCCC2NS(=O)(=O)c1nc(NCC(CO)C2CCC2)ccc1Cl. The molecule has 0 bridgehead atoms. The van der Waals surface area contributed by atoms with Crippen molar-refractivity contribution in [1.82, 2.24) is 9.71 Å². The molecule has 1 fully saturated rings. The van der Waals surface area contributed by atoms with Crippen molar-refractivity contribution in [3.63, 3.8) is 0 Å². The lowest BCUT2D eigenvalue weighted by atomic mass is 9.76. The van der Waals surface area contributed by atoms with Gasteiger partial charge in [0.05, 0.1) is 17.7 Å². The van der Waals surface area contributed by atoms with E-state index in [4.69, 9.17) is 16.3 Å². The van der Waals surface area contributed by atoms with Crippen LogP contribution >= 0.6 is 11.6 Å². The minimum absolute atomic E-state index is 0.0623. The number of fused-ring (bicyclic) bond motifs is 1. The van der Waals surface area contributed by atoms with Gasteiger partial charge in [-0.05, 0) is 30.5 Å². The molecule has 2 unspecified atom stereocenters. The highest BCUT2D eigenvalue weighted by molar-refractivity contribution is 7.89. The number of ether oxygens (including phenoxy) is 1. The first-order valence-corrected chi connectivity index (χ1v) is 12.5. The number of anilines is 1. The number of halogens is 1. The van der Waals surface area contributed by atoms with Gasteiger partial charge in [0.2, 0.25) is 0 Å². The highest BCUT2D eigenvalue weighted by Gasteiger charge is 2.30. The van der Waals surface area contributed by atoms with E-state index < -0.39 is 16.1 Å². The smallest absolute Gasteiger partial charge is 0.260 e. The van der Waals surface area contributed by atoms with Crippen molar-refractivity contribution in [2.75, 3.05) is 25.1 Å². The number of pyridine rings is 1. The first-order chi connectivity index (χ1) is 14.9. The monoisotopic (exact) mass is 465 g/mol. The van der Waals surface area contributed by atoms with Crippen LogP contribution in [0.2, 0.25) is 5.02 Å². The van der Waals surface area contributed by atoms with Crippen LogP contribution in [0.15, 0.2) is 35.4 Å². The summed E-state index contributed by atoms with van der Waals surface area (Å²) in [6, 6.07) is 8.47. The summed E-state index contributed by atoms with van der Waals surface area (Å²) in [4.78, 5) is 4.29. The van der Waals surface area contributed by atoms with Gasteiger partial charge >= 0.3 is 0 Å². The highest BCUT2D eigenvalue weighted by atomic mass is 35.5. The summed E-state index contributed by atoms with van der Waals surface area (Å²) in [6.07, 6.45) is 3.96. The number of benzene rings is 1. The molecule has 3 N–H and O–H groups in total. The molecule has 31 heavy (non-hydrogen) atoms. The van der Waals surface area contributed by atoms with Crippen LogP contribution in [0.1, 0.15) is 42.9 Å². The minimum atomic E-state index is -3.96. The third-order valence-electron chi connectivity index (χ3n) is 6.23. The molecule has 0 saturated heterocycles. The molecule has 4 rings (SSSR count). The van der Waals surface area contributed by atoms with E-state index in [-0.39, 0.29) is 22.6 Å². The van der Waals surface area contributed by atoms with E-state index in [0.717, 1.165) is 29.7 Å². The molecule has 9 heteroatoms. The van der Waals surface area contributed by atoms with Crippen LogP contribution in [0, 0.1) is 18.8 Å². The number of hydrogen-bond acceptors (Lipinski definition) is 6. The molecule has 0 radical (unpaired) electrons. The van der Waals surface area contributed by atoms with Crippen LogP contribution in [-0.2, 0) is 10.0 Å². The van der Waals surface area contributed by atoms with Crippen LogP contribution in [0.5, 0.6) is 5.75 Å². The van der Waals surface area contributed by atoms with Gasteiger partial charge in [0.25, 0.3) is 10.0 Å². The van der Waals surface area contributed by atoms with Gasteiger partial charge in [-0.3, -0.25) is 0 Å². The molecule has 2 atom stereocenters. The lowest BCUT2D eigenvalue weighted by Crippen LogP contribution is -2.33. The summed E-state index contributed by atoms with van der Waals surface area (Å²) >= 11 is 6.22. The van der Waals surface area contributed by atoms with Crippen molar-refractivity contribution >= 4 is 27.4 Å². The maximum atomic E-state index is 13.2. The molecular weight excluding hydrogens is 438 g/mol. The Kier molecular flexibility index (Phi) is 6.71. The van der Waals surface area contributed by atoms with E-state index in [9.17, 15) is 13.5 Å². The van der Waals surface area contributed by atoms with E-state index in [0.29, 0.717) is 31.3 Å². The molecule has 1 aliphatic heterocycles. The minimum Gasteiger partial charge on any atom is -0.493 e. The molecule has 168 valence electrons. The molecule has 0 amide bonds. The Hall–Kier alpha value is -1.87. The molecule has 1 aromatic carbocycles. The quantitative estimate of drug-likeness (QED) is 0.550. The van der Waals surface area contributed by atoms with Crippen LogP contribution in [-0.4, -0.2) is 38.3 Å². The Morgan fingerprint density at radius 1 is 1.26 bits per heavy atom. The summed E-state index contributed by atoms with van der Waals surface area (Å²) in [5.41, 5.74) is 1.78. The van der Waals surface area contributed by atoms with E-state index in [1.807, 2.05) is 25.1 Å². The van der Waals surface area contributed by atoms with Gasteiger partial charge in [0.1, 0.15) is 11.6 Å². The van der Waals surface area contributed by atoms with Crippen LogP contribution < -0.4 is 14.8 Å². The number of aromatic nitrogens is 1. The topological polar surface area (TPSA) is 101 Å². The first-order valence-electron chi connectivity index (χ1n) is 10.6. The predicted molar refractivity (Wildman–Crippen MR) is 120 cm³/mol. The molecule has 1 saturated carbocycles. The summed E-state index contributed by atoms with van der Waals surface area (Å²) < 4.78 is 34.8. The highest BCUT2D eigenvalue weighted by Crippen LogP contribution is 2.36. The van der Waals surface area contributed by atoms with E-state index in [1.165, 1.54) is 12.5 Å². The van der Waals surface area contributed by atoms with Crippen LogP contribution in [0.25, 0.3) is 0 Å². The fourth-order valence-electron chi connectivity index (χ4n) is 4.18. The number of aliphatic hydroxyl groups is 1. The molecule has 1 aliphatic carbocycles. The Balaban J connectivity index is 1.52. The average Bonchev–Trinajstić information content (AvgIpc) is 2.71. The number of nitrogens with one attached hydrogen (secondary N) is 2. The molecule has 2 aromatic rings. The number of nitrogens with zero attached hydrogens (tertiary/aromatic N) is 1. The number of aliphatic hydroxyl groups excluding tert-OH is 1. The van der Waals surface area contributed by atoms with Crippen LogP contribution in [0.4, 0.5) is 5.82 Å². The summed E-state index contributed by atoms with van der Waals surface area (Å²) in [5, 5.41) is 12.7. The maximum Gasteiger partial charge on any atom is 0.260 e. The molecule has 7 nitrogen and oxygen atoms in total. The number of rotatable bonds is 8. The Morgan fingerprint density at radius 2 is 2.06 bits per heavy atom. The predicted octanol–water partition coefficient (Wildman–Crippen LogP) is 3.67. The molecular formula is C22H28ClN3O4S. The largest absolute Gasteiger partial charge is 0.493 e. The lowest BCUT2D eigenvalue weighted by molar-refractivity contribution is 0.132. The van der Waals surface area contributed by atoms with Gasteiger partial charge in [-0.25, -0.2) is 18.1 Å². The van der Waals surface area contributed by atoms with E-state index in [1.54, 1.807) is 6.07 Å². The summed E-state index contributed by atoms with van der Waals surface area (Å²) in [5.74, 6) is 1.78. The first kappa shape index (κ1) is 22.3. The van der Waals surface area contributed by atoms with Gasteiger partial charge in [-0.2, -0.15) is 0 Å². The van der Waals surface area contributed by atoms with Crippen molar-refractivity contribution in [3.05, 3.63) is 46.5 Å². The van der Waals surface area contributed by atoms with Crippen molar-refractivity contribution in [3.8, 4) is 5.75 Å². The van der Waals surface area contributed by atoms with Crippen molar-refractivity contribution in [2.45, 2.75) is 43.7 Å². The summed E-state index contributed by atoms with van der Waals surface area (Å²) in [7, 11) is -3.96. The normalized spacial score (nSPS) is 19.8. The zero-order valence-electron chi connectivity index (χ0n) is 17.5. The molecule has 2 aliphatic rings. The number of para-hydroxylation sites is 1. The van der Waals surface area contributed by atoms with Gasteiger partial charge < -0.3 is 15.2 Å². The van der Waals surface area contributed by atoms with Crippen LogP contribution in [0.3, 0.4) is 0 Å². The summed E-state index contributed by atoms with van der Waals surface area (Å²) in [6.45, 7) is 3.00. The van der Waals surface area contributed by atoms with E-state index in [2.05, 4.69) is 15.0 Å². The second-order valence-corrected chi connectivity index (χ2v) is 10.3. The van der Waals surface area contributed by atoms with Gasteiger partial charge in [0.15, 0.2) is 5.03 Å². The average molecular weight is 466 g/mol. The Bertz CT molecular complexity index is 1040. The van der Waals surface area contributed by atoms with Crippen molar-refractivity contribution < 1.29 is 18.3 Å². The standard InChI is InChI=1S/C22H28ClN3O4S/c1-14-4-2-7-17-19(10-11-30-21(14)17)26-31(28,29)22-18(23)8-9-20(25-22)24-12-16(13-27)15-5-3-6-15/h2,4,7-9,15-16,19,26-27H,3,5-6,10-13H2,1H3,(H,24,25). The third-order valence-corrected chi connectivity index (χ3v) is 8.07. The lowest BCUT2D eigenvalue weighted by Gasteiger charge is -2.32. The maximum absolute atomic E-state index is 13.2. The third kappa shape index (κ3) is 4.82. The van der Waals surface area contributed by atoms with Crippen molar-refractivity contribution in [1.29, 1.82) is 0 Å². The molecule has 0 spiro atoms.